The number of rotatable bonds is 12. The number of hydrogen-bond donors (Lipinski definition) is 4. The number of allylic oxidation sites excluding steroid dienone is 1. The van der Waals surface area contributed by atoms with Gasteiger partial charge in [-0.25, -0.2) is 19.3 Å². The number of aromatic nitrogens is 5. The first-order valence-corrected chi connectivity index (χ1v) is 19.1. The maximum atomic E-state index is 13.5. The lowest BCUT2D eigenvalue weighted by atomic mass is 9.98. The Morgan fingerprint density at radius 2 is 1.73 bits per heavy atom. The van der Waals surface area contributed by atoms with E-state index in [0.717, 1.165) is 68.2 Å². The molecule has 2 atom stereocenters. The number of benzene rings is 2. The molecule has 14 heteroatoms. The van der Waals surface area contributed by atoms with Crippen molar-refractivity contribution in [3.63, 3.8) is 0 Å². The predicted molar refractivity (Wildman–Crippen MR) is 212 cm³/mol. The van der Waals surface area contributed by atoms with Gasteiger partial charge in [0.15, 0.2) is 11.5 Å². The number of amides is 2. The summed E-state index contributed by atoms with van der Waals surface area (Å²) in [6.45, 7) is 10.8. The number of hydrogen-bond acceptors (Lipinski definition) is 11. The van der Waals surface area contributed by atoms with Gasteiger partial charge in [-0.15, -0.1) is 6.58 Å². The minimum atomic E-state index is -0.989. The van der Waals surface area contributed by atoms with Gasteiger partial charge in [0.25, 0.3) is 5.56 Å². The molecule has 55 heavy (non-hydrogen) atoms. The van der Waals surface area contributed by atoms with Crippen molar-refractivity contribution in [1.29, 1.82) is 0 Å². The largest absolute Gasteiger partial charge is 0.384 e. The molecule has 2 saturated heterocycles. The van der Waals surface area contributed by atoms with Gasteiger partial charge in [0.05, 0.1) is 12.2 Å². The van der Waals surface area contributed by atoms with Gasteiger partial charge < -0.3 is 20.6 Å². The third-order valence-corrected chi connectivity index (χ3v) is 11.1. The van der Waals surface area contributed by atoms with E-state index in [0.29, 0.717) is 54.2 Å². The predicted octanol–water partition coefficient (Wildman–Crippen LogP) is 4.03. The van der Waals surface area contributed by atoms with E-state index in [1.165, 1.54) is 5.56 Å². The SMILES string of the molecule is C=CCn1c(=O)c2cnc(Nc3ccc(CCN4CCN(c5ccc(NC6CCC(=O)NC6=O)cc5)CC4)cc3)nc2n1-c1ccc2c(n1)[C@@](O)(CC)CC2. The summed E-state index contributed by atoms with van der Waals surface area (Å²) < 4.78 is 3.24. The number of imide groups is 1. The number of anilines is 4. The van der Waals surface area contributed by atoms with Gasteiger partial charge in [-0.2, -0.15) is 4.98 Å². The summed E-state index contributed by atoms with van der Waals surface area (Å²) in [7, 11) is 0. The topological polar surface area (TPSA) is 163 Å². The summed E-state index contributed by atoms with van der Waals surface area (Å²) in [6.07, 6.45) is 6.92. The van der Waals surface area contributed by atoms with Crippen LogP contribution < -0.4 is 26.4 Å². The average Bonchev–Trinajstić information content (AvgIpc) is 3.68. The van der Waals surface area contributed by atoms with E-state index in [-0.39, 0.29) is 23.9 Å². The van der Waals surface area contributed by atoms with Crippen molar-refractivity contribution in [2.75, 3.05) is 48.3 Å². The van der Waals surface area contributed by atoms with Crippen LogP contribution in [0.5, 0.6) is 0 Å². The van der Waals surface area contributed by atoms with Crippen LogP contribution in [0.2, 0.25) is 0 Å². The van der Waals surface area contributed by atoms with Crippen LogP contribution in [0.15, 0.2) is 84.3 Å². The molecule has 8 rings (SSSR count). The molecule has 2 aromatic carbocycles. The van der Waals surface area contributed by atoms with Crippen LogP contribution in [-0.2, 0) is 34.6 Å². The van der Waals surface area contributed by atoms with Gasteiger partial charge >= 0.3 is 0 Å². The highest BCUT2D eigenvalue weighted by atomic mass is 16.3. The van der Waals surface area contributed by atoms with Gasteiger partial charge in [0.1, 0.15) is 17.0 Å². The maximum absolute atomic E-state index is 13.5. The highest BCUT2D eigenvalue weighted by Crippen LogP contribution is 2.38. The van der Waals surface area contributed by atoms with E-state index in [9.17, 15) is 19.5 Å². The zero-order chi connectivity index (χ0) is 38.1. The van der Waals surface area contributed by atoms with Crippen molar-refractivity contribution in [3.8, 4) is 5.82 Å². The highest BCUT2D eigenvalue weighted by Gasteiger charge is 2.37. The number of aryl methyl sites for hydroxylation is 1. The third-order valence-electron chi connectivity index (χ3n) is 11.1. The molecule has 3 aromatic heterocycles. The van der Waals surface area contributed by atoms with Crippen molar-refractivity contribution in [2.45, 2.75) is 63.6 Å². The molecule has 2 amide bonds. The second-order valence-corrected chi connectivity index (χ2v) is 14.6. The molecule has 2 fully saturated rings. The zero-order valence-electron chi connectivity index (χ0n) is 31.0. The minimum absolute atomic E-state index is 0.214. The fourth-order valence-corrected chi connectivity index (χ4v) is 7.81. The van der Waals surface area contributed by atoms with Crippen molar-refractivity contribution in [3.05, 3.63) is 107 Å². The van der Waals surface area contributed by atoms with Crippen LogP contribution in [0, 0.1) is 0 Å². The molecule has 14 nitrogen and oxygen atoms in total. The van der Waals surface area contributed by atoms with E-state index in [2.05, 4.69) is 61.6 Å². The Bertz CT molecular complexity index is 2290. The molecule has 3 aliphatic rings. The van der Waals surface area contributed by atoms with Crippen LogP contribution in [-0.4, -0.2) is 84.9 Å². The Kier molecular flexibility index (Phi) is 9.93. The van der Waals surface area contributed by atoms with Crippen molar-refractivity contribution >= 4 is 45.9 Å². The smallest absolute Gasteiger partial charge is 0.278 e. The molecule has 0 spiro atoms. The first kappa shape index (κ1) is 36.1. The van der Waals surface area contributed by atoms with E-state index in [1.54, 1.807) is 21.6 Å². The van der Waals surface area contributed by atoms with Crippen LogP contribution in [0.1, 0.15) is 49.4 Å². The second-order valence-electron chi connectivity index (χ2n) is 14.6. The monoisotopic (exact) mass is 742 g/mol. The number of carbonyl (C=O) groups is 2. The normalized spacial score (nSPS) is 20.0. The Labute approximate surface area is 318 Å². The summed E-state index contributed by atoms with van der Waals surface area (Å²) in [5.41, 5.74) is 4.96. The molecule has 1 aliphatic carbocycles. The number of piperazine rings is 1. The molecular formula is C41H46N10O4. The van der Waals surface area contributed by atoms with E-state index >= 15 is 0 Å². The third kappa shape index (κ3) is 7.34. The van der Waals surface area contributed by atoms with Crippen LogP contribution >= 0.6 is 0 Å². The molecular weight excluding hydrogens is 697 g/mol. The van der Waals surface area contributed by atoms with Gasteiger partial charge in [-0.1, -0.05) is 31.2 Å². The zero-order valence-corrected chi connectivity index (χ0v) is 31.0. The van der Waals surface area contributed by atoms with Crippen molar-refractivity contribution in [1.82, 2.24) is 34.5 Å². The Morgan fingerprint density at radius 1 is 0.964 bits per heavy atom. The van der Waals surface area contributed by atoms with E-state index < -0.39 is 11.6 Å². The molecule has 1 unspecified atom stereocenters. The molecule has 5 aromatic rings. The molecule has 0 bridgehead atoms. The van der Waals surface area contributed by atoms with Gasteiger partial charge in [-0.05, 0) is 85.7 Å². The molecule has 0 radical (unpaired) electrons. The number of carbonyl (C=O) groups excluding carboxylic acids is 2. The van der Waals surface area contributed by atoms with E-state index in [1.807, 2.05) is 43.3 Å². The minimum Gasteiger partial charge on any atom is -0.384 e. The number of nitrogens with one attached hydrogen (secondary N) is 3. The summed E-state index contributed by atoms with van der Waals surface area (Å²) in [5, 5.41) is 20.5. The summed E-state index contributed by atoms with van der Waals surface area (Å²) in [5.74, 6) is 0.379. The van der Waals surface area contributed by atoms with Crippen molar-refractivity contribution < 1.29 is 14.7 Å². The fraction of sp³-hybridized carbons (Fsp3) is 0.366. The summed E-state index contributed by atoms with van der Waals surface area (Å²) in [4.78, 5) is 56.0. The highest BCUT2D eigenvalue weighted by molar-refractivity contribution is 6.01. The first-order valence-electron chi connectivity index (χ1n) is 19.1. The van der Waals surface area contributed by atoms with Crippen molar-refractivity contribution in [2.24, 2.45) is 0 Å². The Balaban J connectivity index is 0.878. The quantitative estimate of drug-likeness (QED) is 0.108. The first-order chi connectivity index (χ1) is 26.7. The van der Waals surface area contributed by atoms with Crippen LogP contribution in [0.3, 0.4) is 0 Å². The van der Waals surface area contributed by atoms with Gasteiger partial charge in [-0.3, -0.25) is 24.6 Å². The van der Waals surface area contributed by atoms with Crippen LogP contribution in [0.25, 0.3) is 16.9 Å². The number of piperidine rings is 1. The summed E-state index contributed by atoms with van der Waals surface area (Å²) in [6, 6.07) is 19.9. The number of pyridine rings is 1. The lowest BCUT2D eigenvalue weighted by molar-refractivity contribution is -0.133. The Hall–Kier alpha value is -5.86. The lowest BCUT2D eigenvalue weighted by Gasteiger charge is -2.36. The molecule has 0 saturated carbocycles. The number of nitrogens with zero attached hydrogens (tertiary/aromatic N) is 7. The van der Waals surface area contributed by atoms with E-state index in [4.69, 9.17) is 9.97 Å². The lowest BCUT2D eigenvalue weighted by Crippen LogP contribution is -2.47. The summed E-state index contributed by atoms with van der Waals surface area (Å²) >= 11 is 0. The standard InChI is InChI=1S/C41H46N10O4/c1-3-20-50-39(54)32-26-42-40(47-37(32)51(50)34-15-7-28-17-19-41(55,4-2)36(28)45-34)44-30-8-5-27(6-9-30)18-21-48-22-24-49(25-23-48)31-12-10-29(11-13-31)43-33-14-16-35(52)46-38(33)53/h3,5-13,15,26,33,43,55H,1,4,14,16-25H2,2H3,(H,42,44,47)(H,46,52,53)/t33?,41-/m1/s1. The number of aliphatic hydroxyl groups is 1. The molecule has 4 N–H and O–H groups in total. The Morgan fingerprint density at radius 3 is 2.45 bits per heavy atom. The van der Waals surface area contributed by atoms with Gasteiger partial charge in [0, 0.05) is 62.4 Å². The maximum Gasteiger partial charge on any atom is 0.278 e. The molecule has 2 aliphatic heterocycles. The molecule has 5 heterocycles. The van der Waals surface area contributed by atoms with Gasteiger partial charge in [0.2, 0.25) is 17.8 Å². The average molecular weight is 743 g/mol. The number of fused-ring (bicyclic) bond motifs is 2. The van der Waals surface area contributed by atoms with Crippen LogP contribution in [0.4, 0.5) is 23.0 Å². The second kappa shape index (κ2) is 15.1. The fourth-order valence-electron chi connectivity index (χ4n) is 7.81. The molecule has 284 valence electrons.